The summed E-state index contributed by atoms with van der Waals surface area (Å²) in [5.41, 5.74) is 0.795. The number of ether oxygens (including phenoxy) is 1. The van der Waals surface area contributed by atoms with E-state index in [0.29, 0.717) is 12.4 Å². The molecule has 23 heavy (non-hydrogen) atoms. The summed E-state index contributed by atoms with van der Waals surface area (Å²) in [5.74, 6) is 0.143. The maximum absolute atomic E-state index is 13.4. The van der Waals surface area contributed by atoms with Gasteiger partial charge in [0.1, 0.15) is 11.6 Å². The van der Waals surface area contributed by atoms with Crippen LogP contribution in [0.4, 0.5) is 9.18 Å². The molecule has 0 bridgehead atoms. The van der Waals surface area contributed by atoms with Crippen molar-refractivity contribution in [3.05, 3.63) is 29.6 Å². The first-order valence-corrected chi connectivity index (χ1v) is 8.31. The zero-order valence-electron chi connectivity index (χ0n) is 13.1. The van der Waals surface area contributed by atoms with Crippen molar-refractivity contribution in [2.24, 2.45) is 0 Å². The van der Waals surface area contributed by atoms with E-state index in [2.05, 4.69) is 10.6 Å². The van der Waals surface area contributed by atoms with Gasteiger partial charge in [-0.05, 0) is 31.7 Å². The monoisotopic (exact) mass is 322 g/mol. The first-order chi connectivity index (χ1) is 11.1. The summed E-state index contributed by atoms with van der Waals surface area (Å²) in [5, 5.41) is 15.8. The minimum absolute atomic E-state index is 0.196. The van der Waals surface area contributed by atoms with Crippen molar-refractivity contribution in [2.75, 3.05) is 6.61 Å². The number of fused-ring (bicyclic) bond motifs is 1. The van der Waals surface area contributed by atoms with Gasteiger partial charge in [-0.15, -0.1) is 0 Å². The summed E-state index contributed by atoms with van der Waals surface area (Å²) >= 11 is 0. The van der Waals surface area contributed by atoms with Crippen LogP contribution in [-0.2, 0) is 0 Å². The van der Waals surface area contributed by atoms with Crippen LogP contribution < -0.4 is 15.4 Å². The Morgan fingerprint density at radius 3 is 2.83 bits per heavy atom. The number of hydrogen-bond donors (Lipinski definition) is 3. The molecule has 0 saturated heterocycles. The molecule has 1 aromatic rings. The SMILES string of the molecule is O=C(NC1CCCOc2cc(F)ccc21)NC1CCCCC1O. The Kier molecular flexibility index (Phi) is 5.00. The van der Waals surface area contributed by atoms with E-state index in [4.69, 9.17) is 4.74 Å². The van der Waals surface area contributed by atoms with Crippen LogP contribution in [0.3, 0.4) is 0 Å². The molecule has 6 heteroatoms. The first kappa shape index (κ1) is 16.1. The highest BCUT2D eigenvalue weighted by Gasteiger charge is 2.27. The van der Waals surface area contributed by atoms with Crippen LogP contribution in [-0.4, -0.2) is 29.9 Å². The molecule has 1 aromatic carbocycles. The molecule has 0 radical (unpaired) electrons. The Balaban J connectivity index is 1.66. The molecule has 5 nitrogen and oxygen atoms in total. The molecule has 3 N–H and O–H groups in total. The third kappa shape index (κ3) is 3.93. The highest BCUT2D eigenvalue weighted by Crippen LogP contribution is 2.32. The van der Waals surface area contributed by atoms with Crippen molar-refractivity contribution >= 4 is 6.03 Å². The van der Waals surface area contributed by atoms with Crippen molar-refractivity contribution in [2.45, 2.75) is 56.7 Å². The van der Waals surface area contributed by atoms with Crippen LogP contribution >= 0.6 is 0 Å². The normalized spacial score (nSPS) is 27.3. The van der Waals surface area contributed by atoms with Crippen molar-refractivity contribution in [3.63, 3.8) is 0 Å². The highest BCUT2D eigenvalue weighted by molar-refractivity contribution is 5.75. The molecule has 0 aromatic heterocycles. The molecule has 3 rings (SSSR count). The van der Waals surface area contributed by atoms with E-state index in [0.717, 1.165) is 44.1 Å². The predicted molar refractivity (Wildman–Crippen MR) is 83.8 cm³/mol. The molecule has 0 spiro atoms. The van der Waals surface area contributed by atoms with Gasteiger partial charge in [0.05, 0.1) is 24.8 Å². The van der Waals surface area contributed by atoms with Crippen LogP contribution in [0.25, 0.3) is 0 Å². The predicted octanol–water partition coefficient (Wildman–Crippen LogP) is 2.64. The Labute approximate surface area is 135 Å². The number of amides is 2. The molecule has 3 unspecified atom stereocenters. The molecule has 2 amide bonds. The Morgan fingerprint density at radius 1 is 1.17 bits per heavy atom. The van der Waals surface area contributed by atoms with E-state index < -0.39 is 6.10 Å². The number of nitrogens with one attached hydrogen (secondary N) is 2. The van der Waals surface area contributed by atoms with Crippen LogP contribution in [0.5, 0.6) is 5.75 Å². The van der Waals surface area contributed by atoms with Gasteiger partial charge in [0, 0.05) is 11.6 Å². The lowest BCUT2D eigenvalue weighted by Gasteiger charge is -2.29. The van der Waals surface area contributed by atoms with Gasteiger partial charge in [-0.2, -0.15) is 0 Å². The summed E-state index contributed by atoms with van der Waals surface area (Å²) in [6.45, 7) is 0.511. The maximum Gasteiger partial charge on any atom is 0.315 e. The fourth-order valence-electron chi connectivity index (χ4n) is 3.34. The molecule has 126 valence electrons. The summed E-state index contributed by atoms with van der Waals surface area (Å²) in [6, 6.07) is 3.70. The van der Waals surface area contributed by atoms with Crippen molar-refractivity contribution in [1.29, 1.82) is 0 Å². The van der Waals surface area contributed by atoms with Gasteiger partial charge in [0.15, 0.2) is 0 Å². The van der Waals surface area contributed by atoms with Crippen molar-refractivity contribution in [3.8, 4) is 5.75 Å². The van der Waals surface area contributed by atoms with E-state index in [1.165, 1.54) is 12.1 Å². The van der Waals surface area contributed by atoms with E-state index >= 15 is 0 Å². The number of carbonyl (C=O) groups excluding carboxylic acids is 1. The average molecular weight is 322 g/mol. The zero-order chi connectivity index (χ0) is 16.2. The van der Waals surface area contributed by atoms with E-state index in [-0.39, 0.29) is 23.9 Å². The zero-order valence-corrected chi connectivity index (χ0v) is 13.1. The van der Waals surface area contributed by atoms with Crippen molar-refractivity contribution < 1.29 is 19.0 Å². The molecule has 2 aliphatic rings. The minimum atomic E-state index is -0.478. The molecule has 1 fully saturated rings. The number of carbonyl (C=O) groups is 1. The Bertz CT molecular complexity index is 567. The molecular formula is C17H23FN2O3. The standard InChI is InChI=1S/C17H23FN2O3/c18-11-7-8-12-13(5-3-9-23-16(12)10-11)19-17(22)20-14-4-1-2-6-15(14)21/h7-8,10,13-15,21H,1-6,9H2,(H2,19,20,22). The van der Waals surface area contributed by atoms with Crippen LogP contribution in [0.1, 0.15) is 50.1 Å². The molecule has 3 atom stereocenters. The molecule has 1 saturated carbocycles. The van der Waals surface area contributed by atoms with E-state index in [1.807, 2.05) is 0 Å². The quantitative estimate of drug-likeness (QED) is 0.784. The lowest BCUT2D eigenvalue weighted by molar-refractivity contribution is 0.0940. The van der Waals surface area contributed by atoms with Crippen LogP contribution in [0, 0.1) is 5.82 Å². The molecule has 1 heterocycles. The van der Waals surface area contributed by atoms with E-state index in [1.54, 1.807) is 6.07 Å². The molecule has 1 aliphatic carbocycles. The lowest BCUT2D eigenvalue weighted by Crippen LogP contribution is -2.49. The third-order valence-electron chi connectivity index (χ3n) is 4.60. The number of hydrogen-bond acceptors (Lipinski definition) is 3. The maximum atomic E-state index is 13.4. The van der Waals surface area contributed by atoms with Crippen LogP contribution in [0.15, 0.2) is 18.2 Å². The van der Waals surface area contributed by atoms with E-state index in [9.17, 15) is 14.3 Å². The van der Waals surface area contributed by atoms with Gasteiger partial charge in [-0.3, -0.25) is 0 Å². The second-order valence-corrected chi connectivity index (χ2v) is 6.30. The second-order valence-electron chi connectivity index (χ2n) is 6.30. The molecule has 1 aliphatic heterocycles. The summed E-state index contributed by atoms with van der Waals surface area (Å²) < 4.78 is 18.9. The van der Waals surface area contributed by atoms with Gasteiger partial charge < -0.3 is 20.5 Å². The fraction of sp³-hybridized carbons (Fsp3) is 0.588. The smallest absolute Gasteiger partial charge is 0.315 e. The minimum Gasteiger partial charge on any atom is -0.493 e. The number of rotatable bonds is 2. The fourth-order valence-corrected chi connectivity index (χ4v) is 3.34. The number of urea groups is 1. The Morgan fingerprint density at radius 2 is 2.00 bits per heavy atom. The van der Waals surface area contributed by atoms with Gasteiger partial charge in [-0.25, -0.2) is 9.18 Å². The van der Waals surface area contributed by atoms with Gasteiger partial charge >= 0.3 is 6.03 Å². The average Bonchev–Trinajstić information content (AvgIpc) is 2.71. The van der Waals surface area contributed by atoms with Crippen LogP contribution in [0.2, 0.25) is 0 Å². The number of aliphatic hydroxyl groups is 1. The van der Waals surface area contributed by atoms with Gasteiger partial charge in [-0.1, -0.05) is 18.9 Å². The largest absolute Gasteiger partial charge is 0.493 e. The molecular weight excluding hydrogens is 299 g/mol. The highest BCUT2D eigenvalue weighted by atomic mass is 19.1. The topological polar surface area (TPSA) is 70.6 Å². The Hall–Kier alpha value is -1.82. The number of benzene rings is 1. The van der Waals surface area contributed by atoms with Gasteiger partial charge in [0.25, 0.3) is 0 Å². The lowest BCUT2D eigenvalue weighted by atomic mass is 9.93. The first-order valence-electron chi connectivity index (χ1n) is 8.31. The van der Waals surface area contributed by atoms with Gasteiger partial charge in [0.2, 0.25) is 0 Å². The second kappa shape index (κ2) is 7.17. The summed E-state index contributed by atoms with van der Waals surface area (Å²) in [6.07, 6.45) is 4.58. The third-order valence-corrected chi connectivity index (χ3v) is 4.60. The number of aliphatic hydroxyl groups excluding tert-OH is 1. The summed E-state index contributed by atoms with van der Waals surface area (Å²) in [7, 11) is 0. The number of halogens is 1. The van der Waals surface area contributed by atoms with Crippen molar-refractivity contribution in [1.82, 2.24) is 10.6 Å². The summed E-state index contributed by atoms with van der Waals surface area (Å²) in [4.78, 5) is 12.3.